The summed E-state index contributed by atoms with van der Waals surface area (Å²) >= 11 is 0. The quantitative estimate of drug-likeness (QED) is 0.547. The highest BCUT2D eigenvalue weighted by Gasteiger charge is 1.87. The molecule has 0 bridgehead atoms. The van der Waals surface area contributed by atoms with Crippen molar-refractivity contribution in [1.29, 1.82) is 0 Å². The van der Waals surface area contributed by atoms with E-state index in [0.717, 1.165) is 11.3 Å². The van der Waals surface area contributed by atoms with Crippen molar-refractivity contribution in [2.45, 2.75) is 0 Å². The van der Waals surface area contributed by atoms with Crippen molar-refractivity contribution in [2.75, 3.05) is 7.11 Å². The molecule has 2 N–H and O–H groups in total. The van der Waals surface area contributed by atoms with Crippen LogP contribution < -0.4 is 4.74 Å². The van der Waals surface area contributed by atoms with Gasteiger partial charge in [0.25, 0.3) is 0 Å². The summed E-state index contributed by atoms with van der Waals surface area (Å²) in [5, 5.41) is 0. The summed E-state index contributed by atoms with van der Waals surface area (Å²) < 4.78 is 4.95. The van der Waals surface area contributed by atoms with Crippen LogP contribution >= 0.6 is 0 Å². The molecule has 0 aromatic heterocycles. The molecule has 2 heteroatoms. The van der Waals surface area contributed by atoms with Crippen molar-refractivity contribution in [3.05, 3.63) is 29.8 Å². The third-order valence-electron chi connectivity index (χ3n) is 1.26. The highest BCUT2D eigenvalue weighted by Crippen LogP contribution is 2.09. The van der Waals surface area contributed by atoms with Crippen LogP contribution in [-0.2, 0) is 0 Å². The number of hydrogen-bond donors (Lipinski definition) is 0. The lowest BCUT2D eigenvalue weighted by atomic mass is 10.2. The monoisotopic (exact) mass is 150 g/mol. The van der Waals surface area contributed by atoms with Crippen molar-refractivity contribution in [2.24, 2.45) is 0 Å². The van der Waals surface area contributed by atoms with E-state index in [1.807, 2.05) is 24.3 Å². The van der Waals surface area contributed by atoms with Crippen LogP contribution in [0.4, 0.5) is 0 Å². The number of hydrogen-bond acceptors (Lipinski definition) is 1. The highest BCUT2D eigenvalue weighted by atomic mass is 16.5. The van der Waals surface area contributed by atoms with E-state index in [2.05, 4.69) is 5.92 Å². The summed E-state index contributed by atoms with van der Waals surface area (Å²) in [6.07, 6.45) is 5.15. The maximum absolute atomic E-state index is 5.15. The zero-order valence-electron chi connectivity index (χ0n) is 6.29. The Morgan fingerprint density at radius 2 is 1.82 bits per heavy atom. The van der Waals surface area contributed by atoms with E-state index in [9.17, 15) is 0 Å². The Labute approximate surface area is 66.1 Å². The summed E-state index contributed by atoms with van der Waals surface area (Å²) in [6.45, 7) is 0. The fraction of sp³-hybridized carbons (Fsp3) is 0.111. The first-order valence-corrected chi connectivity index (χ1v) is 2.97. The average Bonchev–Trinajstić information content (AvgIpc) is 2.05. The third kappa shape index (κ3) is 2.32. The van der Waals surface area contributed by atoms with Crippen LogP contribution in [0.3, 0.4) is 0 Å². The first kappa shape index (κ1) is 9.54. The molecule has 1 aromatic carbocycles. The summed E-state index contributed by atoms with van der Waals surface area (Å²) in [4.78, 5) is 0. The predicted octanol–water partition coefficient (Wildman–Crippen LogP) is 0.852. The molecule has 0 saturated heterocycles. The Bertz CT molecular complexity index is 243. The van der Waals surface area contributed by atoms with E-state index < -0.39 is 0 Å². The Hall–Kier alpha value is -1.46. The lowest BCUT2D eigenvalue weighted by Crippen LogP contribution is -1.81. The van der Waals surface area contributed by atoms with Gasteiger partial charge in [-0.25, -0.2) is 0 Å². The van der Waals surface area contributed by atoms with E-state index in [1.54, 1.807) is 7.11 Å². The maximum atomic E-state index is 5.15. The summed E-state index contributed by atoms with van der Waals surface area (Å²) in [5.41, 5.74) is 0.876. The van der Waals surface area contributed by atoms with Gasteiger partial charge in [-0.3, -0.25) is 0 Å². The first-order chi connectivity index (χ1) is 4.86. The van der Waals surface area contributed by atoms with Gasteiger partial charge in [-0.1, -0.05) is 5.92 Å². The number of benzene rings is 1. The summed E-state index contributed by atoms with van der Waals surface area (Å²) in [6, 6.07) is 7.38. The van der Waals surface area contributed by atoms with E-state index in [4.69, 9.17) is 11.2 Å². The fourth-order valence-corrected chi connectivity index (χ4v) is 0.687. The van der Waals surface area contributed by atoms with Crippen molar-refractivity contribution in [1.82, 2.24) is 0 Å². The van der Waals surface area contributed by atoms with Gasteiger partial charge < -0.3 is 10.2 Å². The van der Waals surface area contributed by atoms with Gasteiger partial charge >= 0.3 is 0 Å². The van der Waals surface area contributed by atoms with Crippen LogP contribution in [0.5, 0.6) is 5.75 Å². The smallest absolute Gasteiger partial charge is 0.118 e. The second kappa shape index (κ2) is 4.37. The van der Waals surface area contributed by atoms with Crippen LogP contribution in [0.2, 0.25) is 0 Å². The van der Waals surface area contributed by atoms with Crippen LogP contribution in [0.1, 0.15) is 5.56 Å². The van der Waals surface area contributed by atoms with Crippen LogP contribution in [0.25, 0.3) is 0 Å². The molecule has 0 spiro atoms. The average molecular weight is 150 g/mol. The van der Waals surface area contributed by atoms with Crippen molar-refractivity contribution < 1.29 is 10.2 Å². The number of terminal acetylenes is 1. The molecule has 0 fully saturated rings. The molecule has 0 amide bonds. The third-order valence-corrected chi connectivity index (χ3v) is 1.26. The Balaban J connectivity index is 0.000001000. The number of rotatable bonds is 1. The molecule has 1 aromatic rings. The first-order valence-electron chi connectivity index (χ1n) is 2.97. The zero-order chi connectivity index (χ0) is 7.40. The molecular weight excluding hydrogens is 140 g/mol. The minimum Gasteiger partial charge on any atom is -0.497 e. The van der Waals surface area contributed by atoms with E-state index in [-0.39, 0.29) is 5.48 Å². The van der Waals surface area contributed by atoms with Gasteiger partial charge in [0.15, 0.2) is 0 Å². The van der Waals surface area contributed by atoms with Crippen molar-refractivity contribution in [3.8, 4) is 18.1 Å². The summed E-state index contributed by atoms with van der Waals surface area (Å²) in [5.74, 6) is 3.36. The van der Waals surface area contributed by atoms with Gasteiger partial charge in [-0.15, -0.1) is 6.42 Å². The maximum Gasteiger partial charge on any atom is 0.118 e. The molecule has 0 aliphatic heterocycles. The molecule has 0 unspecified atom stereocenters. The largest absolute Gasteiger partial charge is 0.497 e. The fourth-order valence-electron chi connectivity index (χ4n) is 0.687. The van der Waals surface area contributed by atoms with Crippen molar-refractivity contribution in [3.63, 3.8) is 0 Å². The van der Waals surface area contributed by atoms with E-state index in [1.165, 1.54) is 0 Å². The molecule has 58 valence electrons. The molecule has 0 aliphatic carbocycles. The van der Waals surface area contributed by atoms with Gasteiger partial charge in [0.05, 0.1) is 7.11 Å². The van der Waals surface area contributed by atoms with E-state index >= 15 is 0 Å². The molecule has 0 atom stereocenters. The van der Waals surface area contributed by atoms with Crippen LogP contribution in [0, 0.1) is 12.3 Å². The van der Waals surface area contributed by atoms with Crippen LogP contribution in [0.15, 0.2) is 24.3 Å². The zero-order valence-corrected chi connectivity index (χ0v) is 6.29. The topological polar surface area (TPSA) is 40.7 Å². The molecule has 0 aliphatic rings. The van der Waals surface area contributed by atoms with Crippen LogP contribution in [-0.4, -0.2) is 12.6 Å². The van der Waals surface area contributed by atoms with Gasteiger partial charge in [-0.2, -0.15) is 0 Å². The molecule has 11 heavy (non-hydrogen) atoms. The van der Waals surface area contributed by atoms with Gasteiger partial charge in [-0.05, 0) is 24.3 Å². The molecule has 0 heterocycles. The highest BCUT2D eigenvalue weighted by molar-refractivity contribution is 5.36. The predicted molar refractivity (Wildman–Crippen MR) is 44.5 cm³/mol. The number of ether oxygens (including phenoxy) is 1. The summed E-state index contributed by atoms with van der Waals surface area (Å²) in [7, 11) is 1.63. The molecule has 0 radical (unpaired) electrons. The van der Waals surface area contributed by atoms with Gasteiger partial charge in [0, 0.05) is 5.56 Å². The molecule has 0 saturated carbocycles. The van der Waals surface area contributed by atoms with Gasteiger partial charge in [0.1, 0.15) is 5.75 Å². The lowest BCUT2D eigenvalue weighted by molar-refractivity contribution is 0.415. The minimum absolute atomic E-state index is 0. The second-order valence-electron chi connectivity index (χ2n) is 1.87. The lowest BCUT2D eigenvalue weighted by Gasteiger charge is -1.96. The van der Waals surface area contributed by atoms with Crippen molar-refractivity contribution >= 4 is 0 Å². The molecule has 1 rings (SSSR count). The standard InChI is InChI=1S/C9H8O.H2O/c1-3-8-4-6-9(10-2)7-5-8;/h1,4-7H,2H3;1H2. The Kier molecular flexibility index (Phi) is 3.79. The van der Waals surface area contributed by atoms with E-state index in [0.29, 0.717) is 0 Å². The molecular formula is C9H10O2. The molecule has 2 nitrogen and oxygen atoms in total. The minimum atomic E-state index is 0. The Morgan fingerprint density at radius 3 is 2.18 bits per heavy atom. The Morgan fingerprint density at radius 1 is 1.27 bits per heavy atom. The normalized spacial score (nSPS) is 7.64. The second-order valence-corrected chi connectivity index (χ2v) is 1.87. The van der Waals surface area contributed by atoms with Gasteiger partial charge in [0.2, 0.25) is 0 Å². The SMILES string of the molecule is C#Cc1ccc(OC)cc1.O. The number of methoxy groups -OCH3 is 1.